The van der Waals surface area contributed by atoms with Crippen LogP contribution in [0.15, 0.2) is 11.6 Å². The number of nitrogens with one attached hydrogen (secondary N) is 1. The first-order chi connectivity index (χ1) is 7.33. The van der Waals surface area contributed by atoms with Gasteiger partial charge in [0.1, 0.15) is 0 Å². The highest BCUT2D eigenvalue weighted by Crippen LogP contribution is 2.32. The molecular weight excluding hydrogens is 186 g/mol. The number of likely N-dealkylation sites (N-methyl/N-ethyl adjacent to an activating group) is 1. The third kappa shape index (κ3) is 2.43. The van der Waals surface area contributed by atoms with Gasteiger partial charge in [0.25, 0.3) is 0 Å². The maximum atomic E-state index is 5.69. The molecule has 0 aromatic carbocycles. The van der Waals surface area contributed by atoms with Gasteiger partial charge in [-0.15, -0.1) is 0 Å². The Balaban J connectivity index is 2.04. The molecule has 3 atom stereocenters. The lowest BCUT2D eigenvalue weighted by Gasteiger charge is -2.28. The van der Waals surface area contributed by atoms with Gasteiger partial charge in [-0.1, -0.05) is 18.6 Å². The molecule has 2 rings (SSSR count). The largest absolute Gasteiger partial charge is 0.378 e. The fourth-order valence-corrected chi connectivity index (χ4v) is 2.94. The molecule has 86 valence electrons. The standard InChI is InChI=1S/C13H23NO/c1-3-14-13(11-6-4-5-7-11)12-8-9-15-10(12)2/h6,10,12-14H,3-5,7-9H2,1-2H3. The van der Waals surface area contributed by atoms with Gasteiger partial charge in [-0.05, 0) is 39.2 Å². The van der Waals surface area contributed by atoms with Crippen LogP contribution in [0.5, 0.6) is 0 Å². The van der Waals surface area contributed by atoms with E-state index in [0.29, 0.717) is 18.1 Å². The van der Waals surface area contributed by atoms with Gasteiger partial charge in [0, 0.05) is 18.6 Å². The molecule has 1 N–H and O–H groups in total. The van der Waals surface area contributed by atoms with E-state index in [1.54, 1.807) is 5.57 Å². The zero-order valence-electron chi connectivity index (χ0n) is 9.96. The first-order valence-corrected chi connectivity index (χ1v) is 6.37. The van der Waals surface area contributed by atoms with Gasteiger partial charge in [-0.3, -0.25) is 0 Å². The van der Waals surface area contributed by atoms with E-state index in [4.69, 9.17) is 4.74 Å². The molecule has 3 unspecified atom stereocenters. The predicted molar refractivity (Wildman–Crippen MR) is 62.9 cm³/mol. The number of ether oxygens (including phenoxy) is 1. The van der Waals surface area contributed by atoms with Crippen LogP contribution in [-0.2, 0) is 4.74 Å². The molecule has 2 heteroatoms. The summed E-state index contributed by atoms with van der Waals surface area (Å²) in [5.74, 6) is 0.689. The molecule has 1 saturated heterocycles. The maximum absolute atomic E-state index is 5.69. The van der Waals surface area contributed by atoms with Crippen LogP contribution in [0.4, 0.5) is 0 Å². The normalized spacial score (nSPS) is 33.1. The minimum absolute atomic E-state index is 0.426. The summed E-state index contributed by atoms with van der Waals surface area (Å²) in [6.07, 6.45) is 8.00. The second-order valence-corrected chi connectivity index (χ2v) is 4.74. The summed E-state index contributed by atoms with van der Waals surface area (Å²) in [4.78, 5) is 0. The van der Waals surface area contributed by atoms with Crippen molar-refractivity contribution in [2.75, 3.05) is 13.2 Å². The molecule has 0 spiro atoms. The molecule has 0 amide bonds. The van der Waals surface area contributed by atoms with Gasteiger partial charge in [-0.2, -0.15) is 0 Å². The van der Waals surface area contributed by atoms with Crippen molar-refractivity contribution in [3.05, 3.63) is 11.6 Å². The lowest BCUT2D eigenvalue weighted by Crippen LogP contribution is -2.40. The van der Waals surface area contributed by atoms with Gasteiger partial charge in [-0.25, -0.2) is 0 Å². The Morgan fingerprint density at radius 2 is 2.47 bits per heavy atom. The van der Waals surface area contributed by atoms with E-state index >= 15 is 0 Å². The van der Waals surface area contributed by atoms with Crippen molar-refractivity contribution >= 4 is 0 Å². The van der Waals surface area contributed by atoms with E-state index in [9.17, 15) is 0 Å². The molecule has 1 fully saturated rings. The number of hydrogen-bond donors (Lipinski definition) is 1. The highest BCUT2D eigenvalue weighted by atomic mass is 16.5. The lowest BCUT2D eigenvalue weighted by molar-refractivity contribution is 0.0988. The third-order valence-corrected chi connectivity index (χ3v) is 3.76. The Kier molecular flexibility index (Phi) is 3.81. The monoisotopic (exact) mass is 209 g/mol. The van der Waals surface area contributed by atoms with Crippen LogP contribution < -0.4 is 5.32 Å². The number of allylic oxidation sites excluding steroid dienone is 1. The molecule has 1 aliphatic carbocycles. The average Bonchev–Trinajstić information content (AvgIpc) is 2.85. The van der Waals surface area contributed by atoms with Gasteiger partial charge < -0.3 is 10.1 Å². The molecular formula is C13H23NO. The van der Waals surface area contributed by atoms with Gasteiger partial charge in [0.05, 0.1) is 6.10 Å². The maximum Gasteiger partial charge on any atom is 0.0594 e. The molecule has 1 aliphatic heterocycles. The van der Waals surface area contributed by atoms with Crippen molar-refractivity contribution in [3.8, 4) is 0 Å². The first kappa shape index (κ1) is 11.2. The fraction of sp³-hybridized carbons (Fsp3) is 0.846. The highest BCUT2D eigenvalue weighted by molar-refractivity contribution is 5.17. The van der Waals surface area contributed by atoms with Crippen molar-refractivity contribution in [1.82, 2.24) is 5.32 Å². The quantitative estimate of drug-likeness (QED) is 0.718. The van der Waals surface area contributed by atoms with Gasteiger partial charge in [0.15, 0.2) is 0 Å². The topological polar surface area (TPSA) is 21.3 Å². The first-order valence-electron chi connectivity index (χ1n) is 6.37. The van der Waals surface area contributed by atoms with E-state index in [1.807, 2.05) is 0 Å². The third-order valence-electron chi connectivity index (χ3n) is 3.76. The molecule has 2 nitrogen and oxygen atoms in total. The number of hydrogen-bond acceptors (Lipinski definition) is 2. The fourth-order valence-electron chi connectivity index (χ4n) is 2.94. The van der Waals surface area contributed by atoms with Crippen molar-refractivity contribution in [1.29, 1.82) is 0 Å². The minimum atomic E-state index is 0.426. The Hall–Kier alpha value is -0.340. The van der Waals surface area contributed by atoms with Gasteiger partial charge >= 0.3 is 0 Å². The van der Waals surface area contributed by atoms with Gasteiger partial charge in [0.2, 0.25) is 0 Å². The number of rotatable bonds is 4. The average molecular weight is 209 g/mol. The lowest BCUT2D eigenvalue weighted by atomic mass is 9.87. The molecule has 0 aromatic rings. The summed E-state index contributed by atoms with van der Waals surface area (Å²) in [5, 5.41) is 3.65. The van der Waals surface area contributed by atoms with Crippen molar-refractivity contribution in [2.45, 2.75) is 51.7 Å². The van der Waals surface area contributed by atoms with Crippen LogP contribution >= 0.6 is 0 Å². The Morgan fingerprint density at radius 3 is 3.00 bits per heavy atom. The van der Waals surface area contributed by atoms with Crippen LogP contribution in [0.3, 0.4) is 0 Å². The summed E-state index contributed by atoms with van der Waals surface area (Å²) in [6.45, 7) is 6.42. The van der Waals surface area contributed by atoms with E-state index in [1.165, 1.54) is 25.7 Å². The van der Waals surface area contributed by atoms with Crippen molar-refractivity contribution in [2.24, 2.45) is 5.92 Å². The molecule has 2 aliphatic rings. The van der Waals surface area contributed by atoms with Crippen LogP contribution in [0.2, 0.25) is 0 Å². The summed E-state index contributed by atoms with van der Waals surface area (Å²) in [5.41, 5.74) is 1.64. The highest BCUT2D eigenvalue weighted by Gasteiger charge is 2.33. The Labute approximate surface area is 93.1 Å². The summed E-state index contributed by atoms with van der Waals surface area (Å²) in [7, 11) is 0. The Morgan fingerprint density at radius 1 is 1.60 bits per heavy atom. The second-order valence-electron chi connectivity index (χ2n) is 4.74. The predicted octanol–water partition coefficient (Wildman–Crippen LogP) is 2.50. The SMILES string of the molecule is CCNC(C1=CCCC1)C1CCOC1C. The van der Waals surface area contributed by atoms with E-state index in [0.717, 1.165) is 13.2 Å². The van der Waals surface area contributed by atoms with Crippen LogP contribution in [0, 0.1) is 5.92 Å². The molecule has 15 heavy (non-hydrogen) atoms. The molecule has 0 bridgehead atoms. The van der Waals surface area contributed by atoms with Crippen molar-refractivity contribution < 1.29 is 4.74 Å². The summed E-state index contributed by atoms with van der Waals surface area (Å²) >= 11 is 0. The molecule has 1 heterocycles. The van der Waals surface area contributed by atoms with E-state index in [-0.39, 0.29) is 0 Å². The van der Waals surface area contributed by atoms with Crippen LogP contribution in [-0.4, -0.2) is 25.3 Å². The minimum Gasteiger partial charge on any atom is -0.378 e. The second kappa shape index (κ2) is 5.13. The summed E-state index contributed by atoms with van der Waals surface area (Å²) < 4.78 is 5.69. The molecule has 0 aromatic heterocycles. The zero-order valence-corrected chi connectivity index (χ0v) is 9.96. The molecule has 0 saturated carbocycles. The van der Waals surface area contributed by atoms with E-state index in [2.05, 4.69) is 25.2 Å². The van der Waals surface area contributed by atoms with Crippen molar-refractivity contribution in [3.63, 3.8) is 0 Å². The van der Waals surface area contributed by atoms with E-state index < -0.39 is 0 Å². The molecule has 0 radical (unpaired) electrons. The smallest absolute Gasteiger partial charge is 0.0594 e. The zero-order chi connectivity index (χ0) is 10.7. The van der Waals surface area contributed by atoms with Crippen LogP contribution in [0.25, 0.3) is 0 Å². The van der Waals surface area contributed by atoms with Crippen LogP contribution in [0.1, 0.15) is 39.5 Å². The summed E-state index contributed by atoms with van der Waals surface area (Å²) in [6, 6.07) is 0.579. The Bertz CT molecular complexity index is 237.